The van der Waals surface area contributed by atoms with E-state index < -0.39 is 0 Å². The highest BCUT2D eigenvalue weighted by Crippen LogP contribution is 2.42. The summed E-state index contributed by atoms with van der Waals surface area (Å²) in [4.78, 5) is 4.01. The van der Waals surface area contributed by atoms with Gasteiger partial charge >= 0.3 is 0 Å². The fourth-order valence-electron chi connectivity index (χ4n) is 7.38. The molecule has 0 radical (unpaired) electrons. The summed E-state index contributed by atoms with van der Waals surface area (Å²) in [5, 5.41) is 23.4. The minimum atomic E-state index is 0.576. The molecule has 5 nitrogen and oxygen atoms in total. The number of para-hydroxylation sites is 3. The number of nitriles is 2. The van der Waals surface area contributed by atoms with Gasteiger partial charge in [-0.3, -0.25) is 0 Å². The number of hydrogen-bond acceptors (Lipinski definition) is 2. The summed E-state index contributed by atoms with van der Waals surface area (Å²) in [7, 11) is 0. The topological polar surface area (TPSA) is 61.8 Å². The molecule has 0 N–H and O–H groups in total. The second-order valence-electron chi connectivity index (χ2n) is 12.3. The third-order valence-electron chi connectivity index (χ3n) is 9.57. The molecule has 2 aromatic heterocycles. The van der Waals surface area contributed by atoms with Gasteiger partial charge in [0.15, 0.2) is 0 Å². The maximum atomic E-state index is 9.63. The van der Waals surface area contributed by atoms with Gasteiger partial charge in [-0.15, -0.1) is 0 Å². The Kier molecular flexibility index (Phi) is 6.56. The first kappa shape index (κ1) is 28.8. The van der Waals surface area contributed by atoms with Crippen LogP contribution in [0, 0.1) is 29.2 Å². The Labute approximate surface area is 288 Å². The molecule has 0 amide bonds. The summed E-state index contributed by atoms with van der Waals surface area (Å²) in [6.45, 7) is 8.17. The van der Waals surface area contributed by atoms with Crippen LogP contribution in [0.1, 0.15) is 11.1 Å². The maximum Gasteiger partial charge on any atom is 0.211 e. The minimum absolute atomic E-state index is 0.576. The normalized spacial score (nSPS) is 11.1. The number of hydrogen-bond donors (Lipinski definition) is 0. The molecule has 0 fully saturated rings. The van der Waals surface area contributed by atoms with E-state index in [-0.39, 0.29) is 0 Å². The fourth-order valence-corrected chi connectivity index (χ4v) is 7.38. The Morgan fingerprint density at radius 1 is 0.460 bits per heavy atom. The van der Waals surface area contributed by atoms with Crippen molar-refractivity contribution in [2.24, 2.45) is 0 Å². The van der Waals surface area contributed by atoms with E-state index >= 15 is 0 Å². The van der Waals surface area contributed by atoms with Crippen LogP contribution in [0.25, 0.3) is 82.1 Å². The number of fused-ring (bicyclic) bond motifs is 6. The van der Waals surface area contributed by atoms with Crippen molar-refractivity contribution in [3.63, 3.8) is 0 Å². The van der Waals surface area contributed by atoms with Crippen molar-refractivity contribution < 1.29 is 0 Å². The van der Waals surface area contributed by atoms with E-state index in [0.717, 1.165) is 77.2 Å². The van der Waals surface area contributed by atoms with Gasteiger partial charge in [0, 0.05) is 27.2 Å². The standard InChI is InChI=1S/C45H25N5/c1-48-40-16-8-15-35(45(40)50-41-17-4-2-13-36(41)37-14-3-5-18-42(37)50)33-11-6-9-31(25-33)32-10-7-12-34(26-32)49-43-21-19-29(27-46)23-38(43)39-24-30(28-47)20-22-44(39)49/h2-26H. The lowest BCUT2D eigenvalue weighted by molar-refractivity contribution is 1.18. The zero-order valence-corrected chi connectivity index (χ0v) is 26.7. The van der Waals surface area contributed by atoms with Crippen LogP contribution in [0.3, 0.4) is 0 Å². The van der Waals surface area contributed by atoms with E-state index in [0.29, 0.717) is 16.8 Å². The van der Waals surface area contributed by atoms with Crippen molar-refractivity contribution >= 4 is 49.3 Å². The molecular weight excluding hydrogens is 611 g/mol. The van der Waals surface area contributed by atoms with Gasteiger partial charge < -0.3 is 9.13 Å². The van der Waals surface area contributed by atoms with Gasteiger partial charge in [0.05, 0.1) is 57.6 Å². The average molecular weight is 636 g/mol. The quantitative estimate of drug-likeness (QED) is 0.181. The lowest BCUT2D eigenvalue weighted by Crippen LogP contribution is -1.98. The summed E-state index contributed by atoms with van der Waals surface area (Å²) in [5.41, 5.74) is 11.7. The van der Waals surface area contributed by atoms with E-state index in [1.54, 1.807) is 0 Å². The van der Waals surface area contributed by atoms with Crippen LogP contribution in [-0.4, -0.2) is 9.13 Å². The lowest BCUT2D eigenvalue weighted by atomic mass is 9.97. The zero-order valence-electron chi connectivity index (χ0n) is 26.7. The molecule has 5 heteroatoms. The van der Waals surface area contributed by atoms with Crippen molar-refractivity contribution in [1.29, 1.82) is 10.5 Å². The molecule has 7 aromatic carbocycles. The molecule has 0 aliphatic heterocycles. The molecule has 230 valence electrons. The van der Waals surface area contributed by atoms with Crippen LogP contribution in [0.2, 0.25) is 0 Å². The van der Waals surface area contributed by atoms with Gasteiger partial charge in [0.25, 0.3) is 0 Å². The predicted molar refractivity (Wildman–Crippen MR) is 202 cm³/mol. The molecule has 0 spiro atoms. The van der Waals surface area contributed by atoms with Crippen molar-refractivity contribution in [1.82, 2.24) is 9.13 Å². The SMILES string of the molecule is [C-]#[N+]c1cccc(-c2cccc(-c3cccc(-n4c5ccc(C#N)cc5c5cc(C#N)ccc54)c3)c2)c1-n1c2ccccc2c2ccccc21. The van der Waals surface area contributed by atoms with Crippen molar-refractivity contribution in [3.05, 3.63) is 174 Å². The first-order valence-corrected chi connectivity index (χ1v) is 16.3. The Morgan fingerprint density at radius 3 is 1.62 bits per heavy atom. The van der Waals surface area contributed by atoms with Gasteiger partial charge in [-0.1, -0.05) is 84.9 Å². The maximum absolute atomic E-state index is 9.63. The van der Waals surface area contributed by atoms with E-state index in [2.05, 4.69) is 117 Å². The Hall–Kier alpha value is -7.39. The summed E-state index contributed by atoms with van der Waals surface area (Å²) in [6.07, 6.45) is 0. The highest BCUT2D eigenvalue weighted by molar-refractivity contribution is 6.11. The second kappa shape index (κ2) is 11.4. The van der Waals surface area contributed by atoms with E-state index in [1.165, 1.54) is 0 Å². The van der Waals surface area contributed by atoms with Crippen LogP contribution in [0.5, 0.6) is 0 Å². The fraction of sp³-hybridized carbons (Fsp3) is 0. The van der Waals surface area contributed by atoms with Gasteiger partial charge in [0.1, 0.15) is 0 Å². The molecule has 0 aliphatic carbocycles. The molecule has 0 aliphatic rings. The predicted octanol–water partition coefficient (Wildman–Crippen LogP) is 11.5. The molecule has 0 atom stereocenters. The molecule has 9 rings (SSSR count). The molecule has 0 bridgehead atoms. The number of rotatable bonds is 4. The summed E-state index contributed by atoms with van der Waals surface area (Å²) >= 11 is 0. The van der Waals surface area contributed by atoms with E-state index in [1.807, 2.05) is 60.7 Å². The monoisotopic (exact) mass is 635 g/mol. The third kappa shape index (κ3) is 4.38. The highest BCUT2D eigenvalue weighted by Gasteiger charge is 2.19. The molecule has 50 heavy (non-hydrogen) atoms. The summed E-state index contributed by atoms with van der Waals surface area (Å²) < 4.78 is 4.43. The van der Waals surface area contributed by atoms with Crippen LogP contribution in [-0.2, 0) is 0 Å². The number of nitrogens with zero attached hydrogens (tertiary/aromatic N) is 5. The molecule has 2 heterocycles. The summed E-state index contributed by atoms with van der Waals surface area (Å²) in [6, 6.07) is 55.6. The highest BCUT2D eigenvalue weighted by atomic mass is 15.0. The smallest absolute Gasteiger partial charge is 0.211 e. The molecule has 0 saturated carbocycles. The lowest BCUT2D eigenvalue weighted by Gasteiger charge is -2.17. The average Bonchev–Trinajstić information content (AvgIpc) is 3.69. The van der Waals surface area contributed by atoms with E-state index in [4.69, 9.17) is 6.57 Å². The minimum Gasteiger partial charge on any atom is -0.318 e. The Bertz CT molecular complexity index is 2850. The first-order chi connectivity index (χ1) is 24.7. The van der Waals surface area contributed by atoms with Crippen LogP contribution < -0.4 is 0 Å². The molecule has 0 unspecified atom stereocenters. The third-order valence-corrected chi connectivity index (χ3v) is 9.57. The van der Waals surface area contributed by atoms with Crippen molar-refractivity contribution in [2.75, 3.05) is 0 Å². The van der Waals surface area contributed by atoms with Crippen LogP contribution >= 0.6 is 0 Å². The van der Waals surface area contributed by atoms with Crippen LogP contribution in [0.15, 0.2) is 152 Å². The van der Waals surface area contributed by atoms with Gasteiger partial charge in [-0.25, -0.2) is 4.85 Å². The van der Waals surface area contributed by atoms with Crippen molar-refractivity contribution in [2.45, 2.75) is 0 Å². The largest absolute Gasteiger partial charge is 0.318 e. The number of aromatic nitrogens is 2. The van der Waals surface area contributed by atoms with Gasteiger partial charge in [0.2, 0.25) is 5.69 Å². The molecule has 9 aromatic rings. The molecule has 0 saturated heterocycles. The Balaban J connectivity index is 1.22. The number of benzene rings is 7. The zero-order chi connectivity index (χ0) is 33.8. The molecular formula is C45H25N5. The first-order valence-electron chi connectivity index (χ1n) is 16.3. The Morgan fingerprint density at radius 2 is 1.00 bits per heavy atom. The van der Waals surface area contributed by atoms with Gasteiger partial charge in [-0.2, -0.15) is 10.5 Å². The van der Waals surface area contributed by atoms with E-state index in [9.17, 15) is 10.5 Å². The van der Waals surface area contributed by atoms with Crippen molar-refractivity contribution in [3.8, 4) is 45.8 Å². The van der Waals surface area contributed by atoms with Gasteiger partial charge in [-0.05, 0) is 89.0 Å². The summed E-state index contributed by atoms with van der Waals surface area (Å²) in [5.74, 6) is 0. The second-order valence-corrected chi connectivity index (χ2v) is 12.3. The van der Waals surface area contributed by atoms with Crippen LogP contribution in [0.4, 0.5) is 5.69 Å².